The van der Waals surface area contributed by atoms with E-state index in [1.165, 1.54) is 23.5 Å². The normalized spacial score (nSPS) is 15.4. The van der Waals surface area contributed by atoms with E-state index in [9.17, 15) is 9.18 Å². The lowest BCUT2D eigenvalue weighted by Gasteiger charge is -2.21. The van der Waals surface area contributed by atoms with Gasteiger partial charge in [0.1, 0.15) is 11.9 Å². The Hall–Kier alpha value is -1.72. The minimum absolute atomic E-state index is 0.174. The van der Waals surface area contributed by atoms with Gasteiger partial charge in [-0.15, -0.1) is 11.3 Å². The van der Waals surface area contributed by atoms with Gasteiger partial charge in [0.05, 0.1) is 0 Å². The molecule has 19 heavy (non-hydrogen) atoms. The van der Waals surface area contributed by atoms with Gasteiger partial charge in [-0.3, -0.25) is 4.79 Å². The first-order valence-electron chi connectivity index (χ1n) is 6.05. The lowest BCUT2D eigenvalue weighted by molar-refractivity contribution is -0.119. The van der Waals surface area contributed by atoms with Crippen LogP contribution in [0.4, 0.5) is 10.1 Å². The van der Waals surface area contributed by atoms with Gasteiger partial charge in [-0.1, -0.05) is 12.1 Å². The van der Waals surface area contributed by atoms with Gasteiger partial charge in [-0.25, -0.2) is 4.39 Å². The minimum Gasteiger partial charge on any atom is -0.316 e. The third-order valence-electron chi connectivity index (χ3n) is 3.32. The molecule has 2 heterocycles. The molecule has 3 nitrogen and oxygen atoms in total. The molecule has 1 unspecified atom stereocenters. The van der Waals surface area contributed by atoms with Gasteiger partial charge in [0, 0.05) is 17.1 Å². The van der Waals surface area contributed by atoms with Crippen molar-refractivity contribution in [1.82, 2.24) is 0 Å². The monoisotopic (exact) mass is 276 g/mol. The number of fused-ring (bicyclic) bond motifs is 1. The summed E-state index contributed by atoms with van der Waals surface area (Å²) < 4.78 is 13.3. The van der Waals surface area contributed by atoms with E-state index < -0.39 is 6.04 Å². The molecular formula is C14H13FN2OS. The topological polar surface area (TPSA) is 46.3 Å². The molecule has 0 fully saturated rings. The molecule has 0 bridgehead atoms. The molecule has 1 aliphatic heterocycles. The van der Waals surface area contributed by atoms with Crippen molar-refractivity contribution in [1.29, 1.82) is 0 Å². The van der Waals surface area contributed by atoms with Crippen molar-refractivity contribution in [2.45, 2.75) is 12.5 Å². The summed E-state index contributed by atoms with van der Waals surface area (Å²) in [5, 5.41) is 1.89. The number of carbonyl (C=O) groups is 1. The number of rotatable bonds is 2. The van der Waals surface area contributed by atoms with Gasteiger partial charge in [-0.2, -0.15) is 0 Å². The van der Waals surface area contributed by atoms with Crippen LogP contribution in [0.5, 0.6) is 0 Å². The van der Waals surface area contributed by atoms with Crippen LogP contribution in [0.1, 0.15) is 16.5 Å². The molecule has 3 rings (SSSR count). The highest BCUT2D eigenvalue weighted by atomic mass is 32.1. The maximum Gasteiger partial charge on any atom is 0.249 e. The van der Waals surface area contributed by atoms with Crippen LogP contribution in [0.25, 0.3) is 0 Å². The first-order valence-corrected chi connectivity index (χ1v) is 6.93. The van der Waals surface area contributed by atoms with Crippen molar-refractivity contribution >= 4 is 22.9 Å². The van der Waals surface area contributed by atoms with Crippen molar-refractivity contribution < 1.29 is 9.18 Å². The second-order valence-corrected chi connectivity index (χ2v) is 5.49. The number of anilines is 1. The quantitative estimate of drug-likeness (QED) is 0.916. The number of hydrogen-bond donors (Lipinski definition) is 1. The number of hydrogen-bond acceptors (Lipinski definition) is 3. The smallest absolute Gasteiger partial charge is 0.249 e. The molecule has 0 saturated carbocycles. The molecule has 2 aromatic rings. The van der Waals surface area contributed by atoms with Crippen LogP contribution in [-0.2, 0) is 11.2 Å². The first-order chi connectivity index (χ1) is 9.16. The molecule has 98 valence electrons. The van der Waals surface area contributed by atoms with Crippen molar-refractivity contribution in [2.75, 3.05) is 11.4 Å². The zero-order valence-corrected chi connectivity index (χ0v) is 11.0. The van der Waals surface area contributed by atoms with Crippen LogP contribution in [0.15, 0.2) is 35.7 Å². The Labute approximate surface area is 114 Å². The fourth-order valence-corrected chi connectivity index (χ4v) is 3.06. The molecule has 0 saturated heterocycles. The van der Waals surface area contributed by atoms with Crippen LogP contribution in [-0.4, -0.2) is 12.5 Å². The second-order valence-electron chi connectivity index (χ2n) is 4.51. The Balaban J connectivity index is 1.89. The highest BCUT2D eigenvalue weighted by molar-refractivity contribution is 7.10. The Kier molecular flexibility index (Phi) is 3.08. The number of nitrogens with two attached hydrogens (primary N) is 1. The number of benzene rings is 1. The summed E-state index contributed by atoms with van der Waals surface area (Å²) in [5.74, 6) is -0.505. The van der Waals surface area contributed by atoms with E-state index in [4.69, 9.17) is 5.73 Å². The maximum atomic E-state index is 13.3. The highest BCUT2D eigenvalue weighted by Crippen LogP contribution is 2.31. The van der Waals surface area contributed by atoms with E-state index in [2.05, 4.69) is 0 Å². The lowest BCUT2D eigenvalue weighted by Crippen LogP contribution is -2.37. The van der Waals surface area contributed by atoms with Gasteiger partial charge in [0.15, 0.2) is 0 Å². The van der Waals surface area contributed by atoms with Crippen molar-refractivity contribution in [3.8, 4) is 0 Å². The van der Waals surface area contributed by atoms with Gasteiger partial charge >= 0.3 is 0 Å². The summed E-state index contributed by atoms with van der Waals surface area (Å²) >= 11 is 1.46. The standard InChI is InChI=1S/C14H13FN2OS/c15-10-4-3-9-5-6-17(11(9)8-10)14(18)13(16)12-2-1-7-19-12/h1-4,7-8,13H,5-6,16H2. The van der Waals surface area contributed by atoms with Crippen LogP contribution in [0.3, 0.4) is 0 Å². The SMILES string of the molecule is NC(C(=O)N1CCc2ccc(F)cc21)c1cccs1. The Morgan fingerprint density at radius 3 is 3.00 bits per heavy atom. The van der Waals surface area contributed by atoms with Crippen LogP contribution >= 0.6 is 11.3 Å². The first kappa shape index (κ1) is 12.3. The summed E-state index contributed by atoms with van der Waals surface area (Å²) in [4.78, 5) is 14.8. The summed E-state index contributed by atoms with van der Waals surface area (Å²) in [6.45, 7) is 0.566. The minimum atomic E-state index is -0.672. The Morgan fingerprint density at radius 1 is 1.42 bits per heavy atom. The predicted octanol–water partition coefficient (Wildman–Crippen LogP) is 2.48. The van der Waals surface area contributed by atoms with Crippen LogP contribution in [0.2, 0.25) is 0 Å². The van der Waals surface area contributed by atoms with Crippen LogP contribution < -0.4 is 10.6 Å². The fourth-order valence-electron chi connectivity index (χ4n) is 2.34. The van der Waals surface area contributed by atoms with E-state index >= 15 is 0 Å². The molecule has 0 aliphatic carbocycles. The van der Waals surface area contributed by atoms with Crippen molar-refractivity contribution in [2.24, 2.45) is 5.73 Å². The number of nitrogens with zero attached hydrogens (tertiary/aromatic N) is 1. The van der Waals surface area contributed by atoms with E-state index in [0.717, 1.165) is 16.9 Å². The van der Waals surface area contributed by atoms with Gasteiger partial charge in [0.25, 0.3) is 0 Å². The molecule has 5 heteroatoms. The van der Waals surface area contributed by atoms with Crippen LogP contribution in [0, 0.1) is 5.82 Å². The third kappa shape index (κ3) is 2.15. The van der Waals surface area contributed by atoms with Crippen molar-refractivity contribution in [3.63, 3.8) is 0 Å². The van der Waals surface area contributed by atoms with E-state index in [-0.39, 0.29) is 11.7 Å². The molecule has 0 spiro atoms. The summed E-state index contributed by atoms with van der Waals surface area (Å²) in [7, 11) is 0. The Bertz CT molecular complexity index is 612. The molecular weight excluding hydrogens is 263 g/mol. The summed E-state index contributed by atoms with van der Waals surface area (Å²) in [6, 6.07) is 7.59. The fraction of sp³-hybridized carbons (Fsp3) is 0.214. The van der Waals surface area contributed by atoms with Gasteiger partial charge in [-0.05, 0) is 35.6 Å². The van der Waals surface area contributed by atoms with E-state index in [0.29, 0.717) is 12.2 Å². The van der Waals surface area contributed by atoms with E-state index in [1.54, 1.807) is 11.0 Å². The number of amides is 1. The molecule has 1 aliphatic rings. The zero-order chi connectivity index (χ0) is 13.4. The zero-order valence-electron chi connectivity index (χ0n) is 10.2. The van der Waals surface area contributed by atoms with Gasteiger partial charge < -0.3 is 10.6 Å². The number of carbonyl (C=O) groups excluding carboxylic acids is 1. The van der Waals surface area contributed by atoms with Crippen molar-refractivity contribution in [3.05, 3.63) is 52.0 Å². The molecule has 1 amide bonds. The molecule has 1 atom stereocenters. The predicted molar refractivity (Wildman–Crippen MR) is 73.7 cm³/mol. The average molecular weight is 276 g/mol. The molecule has 1 aromatic heterocycles. The molecule has 0 radical (unpaired) electrons. The second kappa shape index (κ2) is 4.75. The van der Waals surface area contributed by atoms with Gasteiger partial charge in [0.2, 0.25) is 5.91 Å². The number of thiophene rings is 1. The lowest BCUT2D eigenvalue weighted by atomic mass is 10.1. The molecule has 2 N–H and O–H groups in total. The number of halogens is 1. The summed E-state index contributed by atoms with van der Waals surface area (Å²) in [5.41, 5.74) is 7.63. The third-order valence-corrected chi connectivity index (χ3v) is 4.28. The maximum absolute atomic E-state index is 13.3. The largest absolute Gasteiger partial charge is 0.316 e. The summed E-state index contributed by atoms with van der Waals surface area (Å²) in [6.07, 6.45) is 0.749. The average Bonchev–Trinajstić information content (AvgIpc) is 3.05. The van der Waals surface area contributed by atoms with E-state index in [1.807, 2.05) is 17.5 Å². The Morgan fingerprint density at radius 2 is 2.26 bits per heavy atom. The molecule has 1 aromatic carbocycles. The highest BCUT2D eigenvalue weighted by Gasteiger charge is 2.29.